The van der Waals surface area contributed by atoms with E-state index >= 15 is 0 Å². The molecule has 0 bridgehead atoms. The van der Waals surface area contributed by atoms with Crippen LogP contribution in [0.25, 0.3) is 0 Å². The molecule has 0 fully saturated rings. The van der Waals surface area contributed by atoms with E-state index in [2.05, 4.69) is 78.7 Å². The summed E-state index contributed by atoms with van der Waals surface area (Å²) >= 11 is 0. The van der Waals surface area contributed by atoms with E-state index in [4.69, 9.17) is 0 Å². The van der Waals surface area contributed by atoms with Gasteiger partial charge < -0.3 is 5.32 Å². The van der Waals surface area contributed by atoms with Gasteiger partial charge in [-0.25, -0.2) is 0 Å². The molecule has 1 aromatic carbocycles. The minimum absolute atomic E-state index is 0.315. The van der Waals surface area contributed by atoms with E-state index < -0.39 is 0 Å². The minimum atomic E-state index is 0.315. The Labute approximate surface area is 127 Å². The lowest BCUT2D eigenvalue weighted by Gasteiger charge is -2.14. The molecular formula is C18H30NP. The highest BCUT2D eigenvalue weighted by atomic mass is 31.0. The third-order valence-electron chi connectivity index (χ3n) is 2.33. The van der Waals surface area contributed by atoms with E-state index in [1.54, 1.807) is 0 Å². The Morgan fingerprint density at radius 1 is 1.20 bits per heavy atom. The summed E-state index contributed by atoms with van der Waals surface area (Å²) in [7, 11) is 2.83. The lowest BCUT2D eigenvalue weighted by atomic mass is 10.2. The molecule has 0 saturated heterocycles. The lowest BCUT2D eigenvalue weighted by Crippen LogP contribution is -2.18. The van der Waals surface area contributed by atoms with Crippen molar-refractivity contribution < 1.29 is 0 Å². The van der Waals surface area contributed by atoms with Crippen molar-refractivity contribution in [3.8, 4) is 0 Å². The summed E-state index contributed by atoms with van der Waals surface area (Å²) in [6, 6.07) is 10.4. The van der Waals surface area contributed by atoms with Gasteiger partial charge in [-0.05, 0) is 25.3 Å². The van der Waals surface area contributed by atoms with Crippen LogP contribution in [0.2, 0.25) is 0 Å². The number of hydrogen-bond donors (Lipinski definition) is 1. The Morgan fingerprint density at radius 2 is 1.75 bits per heavy atom. The van der Waals surface area contributed by atoms with Gasteiger partial charge >= 0.3 is 0 Å². The monoisotopic (exact) mass is 291 g/mol. The zero-order valence-electron chi connectivity index (χ0n) is 13.6. The fraction of sp³-hybridized carbons (Fsp3) is 0.444. The first-order valence-electron chi connectivity index (χ1n) is 7.29. The predicted octanol–water partition coefficient (Wildman–Crippen LogP) is 5.33. The van der Waals surface area contributed by atoms with Gasteiger partial charge in [-0.3, -0.25) is 0 Å². The SMILES string of the molecule is C/C=C\C=C(/C)CNC(P)c1ccccc1.CC(C)C. The average Bonchev–Trinajstić information content (AvgIpc) is 2.42. The van der Waals surface area contributed by atoms with Gasteiger partial charge in [0.1, 0.15) is 0 Å². The number of rotatable bonds is 5. The van der Waals surface area contributed by atoms with Gasteiger partial charge in [0.05, 0.1) is 0 Å². The molecule has 0 radical (unpaired) electrons. The molecule has 0 aliphatic carbocycles. The molecule has 20 heavy (non-hydrogen) atoms. The van der Waals surface area contributed by atoms with Crippen LogP contribution in [0.4, 0.5) is 0 Å². The summed E-state index contributed by atoms with van der Waals surface area (Å²) < 4.78 is 0. The van der Waals surface area contributed by atoms with Gasteiger partial charge in [-0.2, -0.15) is 0 Å². The maximum Gasteiger partial charge on any atom is 0.0466 e. The van der Waals surface area contributed by atoms with Gasteiger partial charge in [0, 0.05) is 12.3 Å². The second-order valence-corrected chi connectivity index (χ2v) is 6.21. The fourth-order valence-electron chi connectivity index (χ4n) is 1.37. The molecule has 1 nitrogen and oxygen atoms in total. The first-order valence-corrected chi connectivity index (χ1v) is 7.96. The maximum atomic E-state index is 3.47. The first kappa shape index (κ1) is 19.1. The Kier molecular flexibility index (Phi) is 11.3. The molecule has 0 aliphatic heterocycles. The van der Waals surface area contributed by atoms with Crippen LogP contribution < -0.4 is 5.32 Å². The van der Waals surface area contributed by atoms with E-state index in [0.29, 0.717) is 5.78 Å². The van der Waals surface area contributed by atoms with Crippen molar-refractivity contribution in [3.05, 3.63) is 59.7 Å². The van der Waals surface area contributed by atoms with Crippen molar-refractivity contribution in [2.24, 2.45) is 5.92 Å². The zero-order chi connectivity index (χ0) is 15.4. The van der Waals surface area contributed by atoms with Crippen molar-refractivity contribution in [2.45, 2.75) is 40.4 Å². The van der Waals surface area contributed by atoms with Gasteiger partial charge in [0.25, 0.3) is 0 Å². The topological polar surface area (TPSA) is 12.0 Å². The Hall–Kier alpha value is -0.910. The van der Waals surface area contributed by atoms with Crippen molar-refractivity contribution in [1.82, 2.24) is 5.32 Å². The summed E-state index contributed by atoms with van der Waals surface area (Å²) in [5.41, 5.74) is 2.63. The fourth-order valence-corrected chi connectivity index (χ4v) is 1.71. The average molecular weight is 291 g/mol. The molecule has 2 unspecified atom stereocenters. The summed E-state index contributed by atoms with van der Waals surface area (Å²) in [5, 5.41) is 3.47. The summed E-state index contributed by atoms with van der Waals surface area (Å²) in [6.07, 6.45) is 6.24. The predicted molar refractivity (Wildman–Crippen MR) is 96.0 cm³/mol. The molecule has 0 aromatic heterocycles. The number of nitrogens with one attached hydrogen (secondary N) is 1. The van der Waals surface area contributed by atoms with E-state index in [9.17, 15) is 0 Å². The number of hydrogen-bond acceptors (Lipinski definition) is 1. The molecule has 2 heteroatoms. The molecule has 1 rings (SSSR count). The van der Waals surface area contributed by atoms with Crippen LogP contribution in [-0.4, -0.2) is 6.54 Å². The molecule has 0 heterocycles. The standard InChI is InChI=1S/C14H20NP.C4H10/c1-3-4-8-12(2)11-15-14(16)13-9-6-5-7-10-13;1-4(2)3/h3-10,14-15H,11,16H2,1-2H3;4H,1-3H3/b4-3-,12-8+;. The lowest BCUT2D eigenvalue weighted by molar-refractivity contribution is 0.722. The van der Waals surface area contributed by atoms with Crippen LogP contribution in [0.1, 0.15) is 46.0 Å². The Bertz CT molecular complexity index is 390. The van der Waals surface area contributed by atoms with Crippen molar-refractivity contribution in [1.29, 1.82) is 0 Å². The van der Waals surface area contributed by atoms with Crippen molar-refractivity contribution >= 4 is 9.24 Å². The van der Waals surface area contributed by atoms with E-state index in [0.717, 1.165) is 12.5 Å². The van der Waals surface area contributed by atoms with Gasteiger partial charge in [0.2, 0.25) is 0 Å². The Balaban J connectivity index is 0.000000796. The molecule has 1 N–H and O–H groups in total. The summed E-state index contributed by atoms with van der Waals surface area (Å²) in [5.74, 6) is 1.15. The molecule has 0 amide bonds. The number of benzene rings is 1. The van der Waals surface area contributed by atoms with E-state index in [1.165, 1.54) is 11.1 Å². The highest BCUT2D eigenvalue weighted by molar-refractivity contribution is 7.17. The quantitative estimate of drug-likeness (QED) is 0.571. The van der Waals surface area contributed by atoms with Crippen LogP contribution in [0.3, 0.4) is 0 Å². The van der Waals surface area contributed by atoms with Gasteiger partial charge in [0.15, 0.2) is 0 Å². The molecule has 1 aromatic rings. The second kappa shape index (κ2) is 11.9. The minimum Gasteiger partial charge on any atom is -0.303 e. The van der Waals surface area contributed by atoms with Gasteiger partial charge in [-0.15, -0.1) is 9.24 Å². The normalized spacial score (nSPS) is 13.2. The maximum absolute atomic E-state index is 3.47. The highest BCUT2D eigenvalue weighted by Gasteiger charge is 2.02. The smallest absolute Gasteiger partial charge is 0.0466 e. The third kappa shape index (κ3) is 11.0. The second-order valence-electron chi connectivity index (χ2n) is 5.54. The number of allylic oxidation sites excluding steroid dienone is 3. The molecule has 0 spiro atoms. The molecule has 0 aliphatic rings. The molecule has 0 saturated carbocycles. The van der Waals surface area contributed by atoms with Crippen molar-refractivity contribution in [3.63, 3.8) is 0 Å². The largest absolute Gasteiger partial charge is 0.303 e. The van der Waals surface area contributed by atoms with Crippen molar-refractivity contribution in [2.75, 3.05) is 6.54 Å². The summed E-state index contributed by atoms with van der Waals surface area (Å²) in [4.78, 5) is 0. The third-order valence-corrected chi connectivity index (χ3v) is 2.95. The molecular weight excluding hydrogens is 261 g/mol. The van der Waals surface area contributed by atoms with Crippen LogP contribution in [-0.2, 0) is 0 Å². The highest BCUT2D eigenvalue weighted by Crippen LogP contribution is 2.19. The zero-order valence-corrected chi connectivity index (χ0v) is 14.7. The van der Waals surface area contributed by atoms with E-state index in [1.807, 2.05) is 19.1 Å². The Morgan fingerprint density at radius 3 is 2.25 bits per heavy atom. The summed E-state index contributed by atoms with van der Waals surface area (Å²) in [6.45, 7) is 11.6. The van der Waals surface area contributed by atoms with Crippen LogP contribution in [0, 0.1) is 5.92 Å². The van der Waals surface area contributed by atoms with Crippen LogP contribution in [0.15, 0.2) is 54.1 Å². The van der Waals surface area contributed by atoms with E-state index in [-0.39, 0.29) is 0 Å². The van der Waals surface area contributed by atoms with Crippen LogP contribution in [0.5, 0.6) is 0 Å². The van der Waals surface area contributed by atoms with Gasteiger partial charge in [-0.1, -0.05) is 74.9 Å². The molecule has 112 valence electrons. The molecule has 2 atom stereocenters. The first-order chi connectivity index (χ1) is 9.47. The van der Waals surface area contributed by atoms with Crippen LogP contribution >= 0.6 is 9.24 Å².